The Hall–Kier alpha value is -2.88. The summed E-state index contributed by atoms with van der Waals surface area (Å²) >= 11 is 0. The van der Waals surface area contributed by atoms with Gasteiger partial charge in [-0.1, -0.05) is 6.07 Å². The van der Waals surface area contributed by atoms with Crippen LogP contribution in [0, 0.1) is 6.92 Å². The molecule has 0 fully saturated rings. The van der Waals surface area contributed by atoms with Gasteiger partial charge in [-0.05, 0) is 44.5 Å². The van der Waals surface area contributed by atoms with Crippen LogP contribution in [0.2, 0.25) is 0 Å². The van der Waals surface area contributed by atoms with Gasteiger partial charge in [0.25, 0.3) is 0 Å². The molecule has 1 aromatic heterocycles. The van der Waals surface area contributed by atoms with Crippen molar-refractivity contribution in [1.82, 2.24) is 9.88 Å². The number of likely N-dealkylation sites (N-methyl/N-ethyl adjacent to an activating group) is 1. The second-order valence-corrected chi connectivity index (χ2v) is 7.60. The Bertz CT molecular complexity index is 844. The number of pyridine rings is 1. The van der Waals surface area contributed by atoms with Crippen molar-refractivity contribution < 1.29 is 28.8 Å². The van der Waals surface area contributed by atoms with E-state index in [2.05, 4.69) is 10.3 Å². The number of hydrogen-bond donors (Lipinski definition) is 2. The molecular formula is C23H33N3O6. The molecule has 32 heavy (non-hydrogen) atoms. The van der Waals surface area contributed by atoms with Crippen molar-refractivity contribution in [1.29, 1.82) is 0 Å². The lowest BCUT2D eigenvalue weighted by Gasteiger charge is -2.21. The number of aliphatic hydroxyl groups is 1. The second kappa shape index (κ2) is 12.8. The Kier molecular flexibility index (Phi) is 10.2. The van der Waals surface area contributed by atoms with Crippen LogP contribution < -0.4 is 14.8 Å². The van der Waals surface area contributed by atoms with Crippen LogP contribution in [0.4, 0.5) is 10.5 Å². The Morgan fingerprint density at radius 3 is 2.62 bits per heavy atom. The molecule has 0 saturated carbocycles. The van der Waals surface area contributed by atoms with Crippen molar-refractivity contribution in [3.63, 3.8) is 0 Å². The molecule has 0 radical (unpaired) electrons. The summed E-state index contributed by atoms with van der Waals surface area (Å²) in [6.07, 6.45) is 0.831. The third-order valence-electron chi connectivity index (χ3n) is 4.34. The highest BCUT2D eigenvalue weighted by molar-refractivity contribution is 5.88. The first-order chi connectivity index (χ1) is 15.3. The monoisotopic (exact) mass is 447 g/mol. The number of aliphatic hydroxyl groups excluding tert-OH is 1. The number of carbonyl (C=O) groups excluding carboxylic acids is 1. The van der Waals surface area contributed by atoms with E-state index in [0.29, 0.717) is 36.3 Å². The number of ether oxygens (including phenoxy) is 4. The van der Waals surface area contributed by atoms with E-state index in [1.165, 1.54) is 11.1 Å². The van der Waals surface area contributed by atoms with Crippen LogP contribution in [0.25, 0.3) is 0 Å². The lowest BCUT2D eigenvalue weighted by Crippen LogP contribution is -2.39. The molecule has 0 aliphatic carbocycles. The lowest BCUT2D eigenvalue weighted by molar-refractivity contribution is -0.0144. The number of urea groups is 1. The van der Waals surface area contributed by atoms with Crippen molar-refractivity contribution in [2.45, 2.75) is 33.0 Å². The normalized spacial score (nSPS) is 11.8. The first kappa shape index (κ1) is 25.4. The van der Waals surface area contributed by atoms with E-state index in [-0.39, 0.29) is 25.3 Å². The highest BCUT2D eigenvalue weighted by Gasteiger charge is 2.15. The molecule has 2 aromatic rings. The number of benzene rings is 1. The number of aryl methyl sites for hydroxylation is 1. The quantitative estimate of drug-likeness (QED) is 0.481. The van der Waals surface area contributed by atoms with E-state index in [9.17, 15) is 9.90 Å². The Labute approximate surface area is 189 Å². The Morgan fingerprint density at radius 2 is 1.97 bits per heavy atom. The van der Waals surface area contributed by atoms with Gasteiger partial charge in [0.15, 0.2) is 11.5 Å². The third kappa shape index (κ3) is 8.70. The number of aromatic nitrogens is 1. The topological polar surface area (TPSA) is 102 Å². The number of rotatable bonds is 12. The van der Waals surface area contributed by atoms with Crippen molar-refractivity contribution >= 4 is 11.7 Å². The predicted molar refractivity (Wildman–Crippen MR) is 122 cm³/mol. The molecule has 0 spiro atoms. The first-order valence-electron chi connectivity index (χ1n) is 10.5. The fourth-order valence-corrected chi connectivity index (χ4v) is 2.72. The van der Waals surface area contributed by atoms with E-state index in [4.69, 9.17) is 18.9 Å². The van der Waals surface area contributed by atoms with Gasteiger partial charge in [0.05, 0.1) is 57.6 Å². The zero-order valence-corrected chi connectivity index (χ0v) is 19.3. The highest BCUT2D eigenvalue weighted by atomic mass is 16.5. The van der Waals surface area contributed by atoms with E-state index in [0.717, 1.165) is 5.56 Å². The third-order valence-corrected chi connectivity index (χ3v) is 4.34. The van der Waals surface area contributed by atoms with Crippen LogP contribution in [0.3, 0.4) is 0 Å². The zero-order chi connectivity index (χ0) is 23.5. The summed E-state index contributed by atoms with van der Waals surface area (Å²) in [4.78, 5) is 18.0. The molecule has 9 nitrogen and oxygen atoms in total. The average molecular weight is 448 g/mol. The summed E-state index contributed by atoms with van der Waals surface area (Å²) in [5.41, 5.74) is 1.56. The zero-order valence-electron chi connectivity index (χ0n) is 19.3. The maximum absolute atomic E-state index is 12.4. The van der Waals surface area contributed by atoms with Crippen LogP contribution >= 0.6 is 0 Å². The van der Waals surface area contributed by atoms with Crippen molar-refractivity contribution in [3.8, 4) is 17.4 Å². The van der Waals surface area contributed by atoms with Crippen LogP contribution in [-0.4, -0.2) is 73.8 Å². The molecule has 1 atom stereocenters. The standard InChI is InChI=1S/C23H33N3O6/c1-16(2)31-11-10-30-15-19(27)14-26(4)23(28)25-18-7-9-22(24-13-18)32-20-8-6-17(3)12-21(20)29-5/h6-9,12-13,16,19,27H,10-11,14-15H2,1-5H3,(H,25,28). The number of anilines is 1. The van der Waals surface area contributed by atoms with Crippen LogP contribution in [0.1, 0.15) is 19.4 Å². The van der Waals surface area contributed by atoms with E-state index in [1.54, 1.807) is 26.3 Å². The van der Waals surface area contributed by atoms with Gasteiger partial charge in [-0.25, -0.2) is 9.78 Å². The van der Waals surface area contributed by atoms with E-state index < -0.39 is 6.10 Å². The molecule has 0 bridgehead atoms. The first-order valence-corrected chi connectivity index (χ1v) is 10.5. The van der Waals surface area contributed by atoms with Gasteiger partial charge in [-0.3, -0.25) is 0 Å². The molecule has 2 rings (SSSR count). The smallest absolute Gasteiger partial charge is 0.321 e. The van der Waals surface area contributed by atoms with Gasteiger partial charge in [-0.15, -0.1) is 0 Å². The number of amides is 2. The maximum Gasteiger partial charge on any atom is 0.321 e. The van der Waals surface area contributed by atoms with Gasteiger partial charge in [0.2, 0.25) is 5.88 Å². The van der Waals surface area contributed by atoms with Crippen LogP contribution in [0.5, 0.6) is 17.4 Å². The number of nitrogens with zero attached hydrogens (tertiary/aromatic N) is 2. The lowest BCUT2D eigenvalue weighted by atomic mass is 10.2. The van der Waals surface area contributed by atoms with Crippen molar-refractivity contribution in [2.24, 2.45) is 0 Å². The molecule has 1 heterocycles. The summed E-state index contributed by atoms with van der Waals surface area (Å²) < 4.78 is 21.8. The van der Waals surface area contributed by atoms with E-state index >= 15 is 0 Å². The number of nitrogens with one attached hydrogen (secondary N) is 1. The summed E-state index contributed by atoms with van der Waals surface area (Å²) in [6.45, 7) is 6.95. The van der Waals surface area contributed by atoms with Gasteiger partial charge >= 0.3 is 6.03 Å². The molecule has 2 N–H and O–H groups in total. The summed E-state index contributed by atoms with van der Waals surface area (Å²) in [5, 5.41) is 12.8. The Balaban J connectivity index is 1.79. The molecule has 1 aromatic carbocycles. The molecule has 9 heteroatoms. The van der Waals surface area contributed by atoms with Gasteiger partial charge < -0.3 is 34.3 Å². The molecule has 0 aliphatic heterocycles. The van der Waals surface area contributed by atoms with E-state index in [1.807, 2.05) is 39.0 Å². The molecule has 0 aliphatic rings. The SMILES string of the molecule is COc1cc(C)ccc1Oc1ccc(NC(=O)N(C)CC(O)COCCOC(C)C)cn1. The summed E-state index contributed by atoms with van der Waals surface area (Å²) in [5.74, 6) is 1.53. The minimum absolute atomic E-state index is 0.120. The molecule has 1 unspecified atom stereocenters. The predicted octanol–water partition coefficient (Wildman–Crippen LogP) is 3.46. The summed E-state index contributed by atoms with van der Waals surface area (Å²) in [6, 6.07) is 8.56. The number of methoxy groups -OCH3 is 1. The van der Waals surface area contributed by atoms with Gasteiger partial charge in [0.1, 0.15) is 0 Å². The van der Waals surface area contributed by atoms with Gasteiger partial charge in [-0.2, -0.15) is 0 Å². The Morgan fingerprint density at radius 1 is 1.19 bits per heavy atom. The fraction of sp³-hybridized carbons (Fsp3) is 0.478. The van der Waals surface area contributed by atoms with Crippen molar-refractivity contribution in [2.75, 3.05) is 45.8 Å². The summed E-state index contributed by atoms with van der Waals surface area (Å²) in [7, 11) is 3.17. The maximum atomic E-state index is 12.4. The minimum Gasteiger partial charge on any atom is -0.493 e. The highest BCUT2D eigenvalue weighted by Crippen LogP contribution is 2.31. The average Bonchev–Trinajstić information content (AvgIpc) is 2.75. The minimum atomic E-state index is -0.803. The number of carbonyl (C=O) groups is 1. The molecular weight excluding hydrogens is 414 g/mol. The van der Waals surface area contributed by atoms with Crippen LogP contribution in [-0.2, 0) is 9.47 Å². The van der Waals surface area contributed by atoms with Crippen molar-refractivity contribution in [3.05, 3.63) is 42.1 Å². The second-order valence-electron chi connectivity index (χ2n) is 7.60. The van der Waals surface area contributed by atoms with Crippen LogP contribution in [0.15, 0.2) is 36.5 Å². The molecule has 0 saturated heterocycles. The largest absolute Gasteiger partial charge is 0.493 e. The molecule has 176 valence electrons. The van der Waals surface area contributed by atoms with Gasteiger partial charge in [0, 0.05) is 13.1 Å². The fourth-order valence-electron chi connectivity index (χ4n) is 2.72. The molecule has 2 amide bonds. The number of hydrogen-bond acceptors (Lipinski definition) is 7.